The molecule has 0 bridgehead atoms. The number of rotatable bonds is 4. The van der Waals surface area contributed by atoms with Crippen LogP contribution in [-0.2, 0) is 4.74 Å². The van der Waals surface area contributed by atoms with Crippen LogP contribution in [-0.4, -0.2) is 26.8 Å². The summed E-state index contributed by atoms with van der Waals surface area (Å²) in [6.07, 6.45) is 9.69. The van der Waals surface area contributed by atoms with Gasteiger partial charge in [-0.2, -0.15) is 0 Å². The molecule has 2 aliphatic rings. The van der Waals surface area contributed by atoms with Gasteiger partial charge in [-0.25, -0.2) is 0 Å². The molecule has 2 nitrogen and oxygen atoms in total. The van der Waals surface area contributed by atoms with E-state index in [1.165, 1.54) is 51.5 Å². The minimum absolute atomic E-state index is 0.491. The fourth-order valence-corrected chi connectivity index (χ4v) is 4.49. The maximum absolute atomic E-state index is 5.53. The van der Waals surface area contributed by atoms with Crippen LogP contribution in [0.4, 0.5) is 0 Å². The minimum Gasteiger partial charge on any atom is -0.381 e. The van der Waals surface area contributed by atoms with Crippen LogP contribution in [0.1, 0.15) is 65.7 Å². The second-order valence-electron chi connectivity index (χ2n) is 8.43. The first-order valence-electron chi connectivity index (χ1n) is 8.68. The molecule has 1 N–H and O–H groups in total. The summed E-state index contributed by atoms with van der Waals surface area (Å²) in [4.78, 5) is 0. The SMILES string of the molecule is CNCC1(CC2CCOCC2)CCC(C(C)(C)C)CC1. The molecule has 0 amide bonds. The van der Waals surface area contributed by atoms with Crippen molar-refractivity contribution in [2.45, 2.75) is 65.7 Å². The van der Waals surface area contributed by atoms with Crippen molar-refractivity contribution in [1.29, 1.82) is 0 Å². The predicted octanol–water partition coefficient (Wildman–Crippen LogP) is 4.25. The van der Waals surface area contributed by atoms with Crippen molar-refractivity contribution >= 4 is 0 Å². The molecule has 0 atom stereocenters. The van der Waals surface area contributed by atoms with Gasteiger partial charge >= 0.3 is 0 Å². The highest BCUT2D eigenvalue weighted by molar-refractivity contribution is 4.91. The van der Waals surface area contributed by atoms with Gasteiger partial charge in [0.25, 0.3) is 0 Å². The molecule has 2 fully saturated rings. The van der Waals surface area contributed by atoms with Gasteiger partial charge in [-0.15, -0.1) is 0 Å². The van der Waals surface area contributed by atoms with E-state index in [1.54, 1.807) is 0 Å². The van der Waals surface area contributed by atoms with Crippen molar-refractivity contribution < 1.29 is 4.74 Å². The molecule has 118 valence electrons. The molecule has 2 rings (SSSR count). The zero-order valence-electron chi connectivity index (χ0n) is 14.1. The van der Waals surface area contributed by atoms with Crippen molar-refractivity contribution in [3.05, 3.63) is 0 Å². The summed E-state index contributed by atoms with van der Waals surface area (Å²) >= 11 is 0. The summed E-state index contributed by atoms with van der Waals surface area (Å²) in [6, 6.07) is 0. The molecule has 0 aromatic carbocycles. The van der Waals surface area contributed by atoms with Crippen molar-refractivity contribution in [2.24, 2.45) is 22.7 Å². The normalized spacial score (nSPS) is 33.3. The molecule has 1 aliphatic heterocycles. The van der Waals surface area contributed by atoms with E-state index in [0.717, 1.165) is 25.0 Å². The first-order valence-corrected chi connectivity index (χ1v) is 8.68. The van der Waals surface area contributed by atoms with Gasteiger partial charge in [0.2, 0.25) is 0 Å². The third-order valence-corrected chi connectivity index (χ3v) is 5.89. The lowest BCUT2D eigenvalue weighted by Crippen LogP contribution is -2.40. The van der Waals surface area contributed by atoms with Crippen LogP contribution in [0.25, 0.3) is 0 Å². The first-order chi connectivity index (χ1) is 9.45. The monoisotopic (exact) mass is 281 g/mol. The second kappa shape index (κ2) is 6.79. The molecular formula is C18H35NO. The zero-order chi connectivity index (χ0) is 14.6. The smallest absolute Gasteiger partial charge is 0.0468 e. The highest BCUT2D eigenvalue weighted by atomic mass is 16.5. The first kappa shape index (κ1) is 16.3. The second-order valence-corrected chi connectivity index (χ2v) is 8.43. The Hall–Kier alpha value is -0.0800. The van der Waals surface area contributed by atoms with Gasteiger partial charge in [-0.1, -0.05) is 20.8 Å². The summed E-state index contributed by atoms with van der Waals surface area (Å²) in [5.74, 6) is 1.82. The van der Waals surface area contributed by atoms with Crippen LogP contribution >= 0.6 is 0 Å². The van der Waals surface area contributed by atoms with E-state index >= 15 is 0 Å². The predicted molar refractivity (Wildman–Crippen MR) is 85.9 cm³/mol. The van der Waals surface area contributed by atoms with Crippen LogP contribution in [0.3, 0.4) is 0 Å². The number of hydrogen-bond acceptors (Lipinski definition) is 2. The summed E-state index contributed by atoms with van der Waals surface area (Å²) in [7, 11) is 2.13. The Balaban J connectivity index is 1.93. The largest absolute Gasteiger partial charge is 0.381 e. The van der Waals surface area contributed by atoms with E-state index in [0.29, 0.717) is 10.8 Å². The molecule has 1 heterocycles. The molecule has 1 saturated carbocycles. The molecular weight excluding hydrogens is 246 g/mol. The lowest BCUT2D eigenvalue weighted by atomic mass is 9.61. The van der Waals surface area contributed by atoms with Gasteiger partial charge in [0.05, 0.1) is 0 Å². The quantitative estimate of drug-likeness (QED) is 0.832. The lowest BCUT2D eigenvalue weighted by Gasteiger charge is -2.46. The lowest BCUT2D eigenvalue weighted by molar-refractivity contribution is 0.0231. The van der Waals surface area contributed by atoms with Crippen molar-refractivity contribution in [2.75, 3.05) is 26.8 Å². The minimum atomic E-state index is 0.491. The van der Waals surface area contributed by atoms with Gasteiger partial charge in [-0.3, -0.25) is 0 Å². The third kappa shape index (κ3) is 4.21. The number of ether oxygens (including phenoxy) is 1. The van der Waals surface area contributed by atoms with Gasteiger partial charge in [0, 0.05) is 19.8 Å². The fraction of sp³-hybridized carbons (Fsp3) is 1.00. The molecule has 2 heteroatoms. The maximum Gasteiger partial charge on any atom is 0.0468 e. The topological polar surface area (TPSA) is 21.3 Å². The average Bonchev–Trinajstić information content (AvgIpc) is 2.39. The highest BCUT2D eigenvalue weighted by Crippen LogP contribution is 2.48. The summed E-state index contributed by atoms with van der Waals surface area (Å²) in [5, 5.41) is 3.49. The van der Waals surface area contributed by atoms with Crippen molar-refractivity contribution in [1.82, 2.24) is 5.32 Å². The third-order valence-electron chi connectivity index (χ3n) is 5.89. The Morgan fingerprint density at radius 1 is 1.05 bits per heavy atom. The Kier molecular flexibility index (Phi) is 5.53. The van der Waals surface area contributed by atoms with Crippen LogP contribution in [0.5, 0.6) is 0 Å². The van der Waals surface area contributed by atoms with Crippen molar-refractivity contribution in [3.63, 3.8) is 0 Å². The molecule has 1 aliphatic carbocycles. The van der Waals surface area contributed by atoms with Gasteiger partial charge in [0.1, 0.15) is 0 Å². The molecule has 0 spiro atoms. The number of nitrogens with one attached hydrogen (secondary N) is 1. The fourth-order valence-electron chi connectivity index (χ4n) is 4.49. The van der Waals surface area contributed by atoms with E-state index in [9.17, 15) is 0 Å². The Morgan fingerprint density at radius 2 is 1.65 bits per heavy atom. The summed E-state index contributed by atoms with van der Waals surface area (Å²) < 4.78 is 5.53. The number of hydrogen-bond donors (Lipinski definition) is 1. The molecule has 0 aromatic rings. The zero-order valence-corrected chi connectivity index (χ0v) is 14.1. The van der Waals surface area contributed by atoms with E-state index < -0.39 is 0 Å². The molecule has 0 radical (unpaired) electrons. The van der Waals surface area contributed by atoms with E-state index in [4.69, 9.17) is 4.74 Å². The molecule has 1 saturated heterocycles. The Bertz CT molecular complexity index is 280. The summed E-state index contributed by atoms with van der Waals surface area (Å²) in [6.45, 7) is 10.4. The van der Waals surface area contributed by atoms with Gasteiger partial charge in [-0.05, 0) is 74.7 Å². The van der Waals surface area contributed by atoms with Crippen molar-refractivity contribution in [3.8, 4) is 0 Å². The molecule has 20 heavy (non-hydrogen) atoms. The van der Waals surface area contributed by atoms with Crippen LogP contribution in [0.15, 0.2) is 0 Å². The van der Waals surface area contributed by atoms with E-state index in [-0.39, 0.29) is 0 Å². The van der Waals surface area contributed by atoms with E-state index in [1.807, 2.05) is 0 Å². The van der Waals surface area contributed by atoms with Gasteiger partial charge < -0.3 is 10.1 Å². The average molecular weight is 281 g/mol. The van der Waals surface area contributed by atoms with Gasteiger partial charge in [0.15, 0.2) is 0 Å². The van der Waals surface area contributed by atoms with Crippen LogP contribution < -0.4 is 5.32 Å². The molecule has 0 aromatic heterocycles. The van der Waals surface area contributed by atoms with Crippen LogP contribution in [0.2, 0.25) is 0 Å². The Labute approximate surface area is 126 Å². The Morgan fingerprint density at radius 3 is 2.15 bits per heavy atom. The molecule has 0 unspecified atom stereocenters. The van der Waals surface area contributed by atoms with E-state index in [2.05, 4.69) is 33.1 Å². The van der Waals surface area contributed by atoms with Crippen LogP contribution in [0, 0.1) is 22.7 Å². The highest BCUT2D eigenvalue weighted by Gasteiger charge is 2.39. The standard InChI is InChI=1S/C18H35NO/c1-17(2,3)16-5-9-18(10-6-16,14-19-4)13-15-7-11-20-12-8-15/h15-16,19H,5-14H2,1-4H3. The maximum atomic E-state index is 5.53. The summed E-state index contributed by atoms with van der Waals surface area (Å²) in [5.41, 5.74) is 1.06.